The number of phenolic OH excluding ortho intramolecular Hbond substituents is 1. The number of nitrogens with zero attached hydrogens (tertiary/aromatic N) is 3. The van der Waals surface area contributed by atoms with Gasteiger partial charge in [-0.15, -0.1) is 5.10 Å². The molecule has 0 amide bonds. The quantitative estimate of drug-likeness (QED) is 0.768. The van der Waals surface area contributed by atoms with Crippen LogP contribution in [0, 0.1) is 0 Å². The summed E-state index contributed by atoms with van der Waals surface area (Å²) >= 11 is 0. The van der Waals surface area contributed by atoms with Crippen LogP contribution in [0.3, 0.4) is 0 Å². The highest BCUT2D eigenvalue weighted by molar-refractivity contribution is 5.44. The summed E-state index contributed by atoms with van der Waals surface area (Å²) in [5.41, 5.74) is 1.01. The third-order valence-electron chi connectivity index (χ3n) is 2.07. The lowest BCUT2D eigenvalue weighted by Gasteiger charge is -2.01. The molecule has 0 saturated carbocycles. The van der Waals surface area contributed by atoms with E-state index in [-0.39, 0.29) is 5.75 Å². The van der Waals surface area contributed by atoms with Gasteiger partial charge >= 0.3 is 0 Å². The summed E-state index contributed by atoms with van der Waals surface area (Å²) in [5.74, 6) is 0.125. The number of rotatable bonds is 2. The van der Waals surface area contributed by atoms with Crippen molar-refractivity contribution in [1.29, 1.82) is 0 Å². The Bertz CT molecular complexity index is 465. The van der Waals surface area contributed by atoms with E-state index in [1.54, 1.807) is 37.4 Å². The Labute approximate surface area is 86.6 Å². The van der Waals surface area contributed by atoms with Gasteiger partial charge < -0.3 is 10.2 Å². The van der Waals surface area contributed by atoms with Crippen LogP contribution in [0.5, 0.6) is 5.75 Å². The van der Waals surface area contributed by atoms with Crippen LogP contribution in [0.2, 0.25) is 0 Å². The molecule has 0 aliphatic rings. The topological polar surface area (TPSA) is 71.2 Å². The normalized spacial score (nSPS) is 12.7. The lowest BCUT2D eigenvalue weighted by Crippen LogP contribution is -1.94. The molecule has 15 heavy (non-hydrogen) atoms. The maximum absolute atomic E-state index is 9.56. The van der Waals surface area contributed by atoms with Crippen molar-refractivity contribution in [2.24, 2.45) is 0 Å². The van der Waals surface area contributed by atoms with Crippen LogP contribution in [0.4, 0.5) is 0 Å². The predicted octanol–water partition coefficient (Wildman–Crippen LogP) is 1.03. The summed E-state index contributed by atoms with van der Waals surface area (Å²) in [6.45, 7) is 1.61. The van der Waals surface area contributed by atoms with Crippen LogP contribution in [-0.2, 0) is 0 Å². The van der Waals surface area contributed by atoms with Gasteiger partial charge in [0.25, 0.3) is 0 Å². The average molecular weight is 205 g/mol. The molecule has 1 heterocycles. The van der Waals surface area contributed by atoms with Gasteiger partial charge in [0.15, 0.2) is 0 Å². The number of aromatic hydroxyl groups is 1. The fourth-order valence-electron chi connectivity index (χ4n) is 1.24. The highest BCUT2D eigenvalue weighted by Crippen LogP contribution is 2.20. The Balaban J connectivity index is 2.42. The molecule has 78 valence electrons. The first kappa shape index (κ1) is 9.67. The summed E-state index contributed by atoms with van der Waals surface area (Å²) < 4.78 is 1.43. The molecule has 0 aliphatic heterocycles. The number of aliphatic hydroxyl groups is 1. The molecule has 5 nitrogen and oxygen atoms in total. The Morgan fingerprint density at radius 3 is 2.67 bits per heavy atom. The number of para-hydroxylation sites is 2. The minimum absolute atomic E-state index is 0.125. The standard InChI is InChI=1S/C10H11N3O2/c1-7(14)8-6-13(12-11-8)9-4-2-3-5-10(9)15/h2-7,14-15H,1H3. The molecule has 1 unspecified atom stereocenters. The zero-order valence-electron chi connectivity index (χ0n) is 8.20. The van der Waals surface area contributed by atoms with Gasteiger partial charge in [0.05, 0.1) is 12.3 Å². The minimum atomic E-state index is -0.662. The number of hydrogen-bond acceptors (Lipinski definition) is 4. The van der Waals surface area contributed by atoms with Crippen molar-refractivity contribution in [3.63, 3.8) is 0 Å². The van der Waals surface area contributed by atoms with Gasteiger partial charge in [-0.05, 0) is 19.1 Å². The maximum Gasteiger partial charge on any atom is 0.141 e. The van der Waals surface area contributed by atoms with Gasteiger partial charge in [0.1, 0.15) is 17.1 Å². The Hall–Kier alpha value is -1.88. The molecule has 1 aromatic heterocycles. The van der Waals surface area contributed by atoms with E-state index in [4.69, 9.17) is 0 Å². The second-order valence-corrected chi connectivity index (χ2v) is 3.25. The molecule has 5 heteroatoms. The summed E-state index contributed by atoms with van der Waals surface area (Å²) in [4.78, 5) is 0. The molecule has 2 aromatic rings. The smallest absolute Gasteiger partial charge is 0.141 e. The van der Waals surface area contributed by atoms with E-state index < -0.39 is 6.10 Å². The number of aromatic nitrogens is 3. The highest BCUT2D eigenvalue weighted by Gasteiger charge is 2.09. The minimum Gasteiger partial charge on any atom is -0.506 e. The van der Waals surface area contributed by atoms with E-state index in [0.29, 0.717) is 11.4 Å². The molecule has 1 atom stereocenters. The van der Waals surface area contributed by atoms with Crippen molar-refractivity contribution >= 4 is 0 Å². The molecule has 2 rings (SSSR count). The Morgan fingerprint density at radius 2 is 2.07 bits per heavy atom. The van der Waals surface area contributed by atoms with Crippen LogP contribution in [0.25, 0.3) is 5.69 Å². The first-order chi connectivity index (χ1) is 7.18. The molecule has 2 N–H and O–H groups in total. The summed E-state index contributed by atoms with van der Waals surface area (Å²) in [7, 11) is 0. The third kappa shape index (κ3) is 1.82. The van der Waals surface area contributed by atoms with E-state index in [0.717, 1.165) is 0 Å². The lowest BCUT2D eigenvalue weighted by molar-refractivity contribution is 0.194. The Kier molecular flexibility index (Phi) is 2.39. The first-order valence-electron chi connectivity index (χ1n) is 4.57. The van der Waals surface area contributed by atoms with E-state index >= 15 is 0 Å². The van der Waals surface area contributed by atoms with Crippen LogP contribution >= 0.6 is 0 Å². The second-order valence-electron chi connectivity index (χ2n) is 3.25. The molecule has 0 fully saturated rings. The molecule has 0 saturated heterocycles. The van der Waals surface area contributed by atoms with Gasteiger partial charge in [0, 0.05) is 0 Å². The fraction of sp³-hybridized carbons (Fsp3) is 0.200. The zero-order valence-corrected chi connectivity index (χ0v) is 8.20. The number of phenols is 1. The van der Waals surface area contributed by atoms with Crippen LogP contribution in [-0.4, -0.2) is 25.2 Å². The average Bonchev–Trinajstić information content (AvgIpc) is 2.67. The molecule has 0 radical (unpaired) electrons. The molecular weight excluding hydrogens is 194 g/mol. The molecule has 0 bridgehead atoms. The highest BCUT2D eigenvalue weighted by atomic mass is 16.3. The molecular formula is C10H11N3O2. The van der Waals surface area contributed by atoms with Gasteiger partial charge in [-0.25, -0.2) is 4.68 Å². The van der Waals surface area contributed by atoms with Gasteiger partial charge in [0.2, 0.25) is 0 Å². The SMILES string of the molecule is CC(O)c1cn(-c2ccccc2O)nn1. The van der Waals surface area contributed by atoms with E-state index in [1.807, 2.05) is 0 Å². The van der Waals surface area contributed by atoms with Gasteiger partial charge in [-0.2, -0.15) is 0 Å². The number of hydrogen-bond donors (Lipinski definition) is 2. The Morgan fingerprint density at radius 1 is 1.33 bits per heavy atom. The van der Waals surface area contributed by atoms with Crippen molar-refractivity contribution in [1.82, 2.24) is 15.0 Å². The largest absolute Gasteiger partial charge is 0.506 e. The second kappa shape index (κ2) is 3.70. The van der Waals surface area contributed by atoms with Crippen LogP contribution in [0.15, 0.2) is 30.5 Å². The molecule has 0 spiro atoms. The predicted molar refractivity (Wildman–Crippen MR) is 53.7 cm³/mol. The summed E-state index contributed by atoms with van der Waals surface area (Å²) in [6.07, 6.45) is 0.921. The van der Waals surface area contributed by atoms with E-state index in [1.165, 1.54) is 4.68 Å². The number of aliphatic hydroxyl groups excluding tert-OH is 1. The summed E-state index contributed by atoms with van der Waals surface area (Å²) in [6, 6.07) is 6.80. The monoisotopic (exact) mass is 205 g/mol. The molecule has 1 aromatic carbocycles. The van der Waals surface area contributed by atoms with Crippen LogP contribution in [0.1, 0.15) is 18.7 Å². The van der Waals surface area contributed by atoms with Crippen molar-refractivity contribution < 1.29 is 10.2 Å². The van der Waals surface area contributed by atoms with Gasteiger partial charge in [-0.3, -0.25) is 0 Å². The van der Waals surface area contributed by atoms with E-state index in [2.05, 4.69) is 10.3 Å². The maximum atomic E-state index is 9.56. The first-order valence-corrected chi connectivity index (χ1v) is 4.57. The van der Waals surface area contributed by atoms with Crippen molar-refractivity contribution in [3.05, 3.63) is 36.2 Å². The third-order valence-corrected chi connectivity index (χ3v) is 2.07. The number of benzene rings is 1. The van der Waals surface area contributed by atoms with Gasteiger partial charge in [-0.1, -0.05) is 17.3 Å². The van der Waals surface area contributed by atoms with Crippen LogP contribution < -0.4 is 0 Å². The zero-order chi connectivity index (χ0) is 10.8. The van der Waals surface area contributed by atoms with Crippen molar-refractivity contribution in [2.75, 3.05) is 0 Å². The van der Waals surface area contributed by atoms with E-state index in [9.17, 15) is 10.2 Å². The summed E-state index contributed by atoms with van der Waals surface area (Å²) in [5, 5.41) is 26.4. The fourth-order valence-corrected chi connectivity index (χ4v) is 1.24. The molecule has 0 aliphatic carbocycles. The lowest BCUT2D eigenvalue weighted by atomic mass is 10.3. The van der Waals surface area contributed by atoms with Crippen molar-refractivity contribution in [2.45, 2.75) is 13.0 Å². The van der Waals surface area contributed by atoms with Crippen molar-refractivity contribution in [3.8, 4) is 11.4 Å².